The fraction of sp³-hybridized carbons (Fsp3) is 0.750. The van der Waals surface area contributed by atoms with Crippen molar-refractivity contribution in [1.82, 2.24) is 0 Å². The summed E-state index contributed by atoms with van der Waals surface area (Å²) in [5.41, 5.74) is -0.664. The maximum absolute atomic E-state index is 13.9. The Morgan fingerprint density at radius 2 is 1.09 bits per heavy atom. The molecule has 16 heteroatoms. The zero-order valence-corrected chi connectivity index (χ0v) is 14.9. The van der Waals surface area contributed by atoms with Gasteiger partial charge in [-0.3, -0.25) is 0 Å². The van der Waals surface area contributed by atoms with E-state index in [0.29, 0.717) is 0 Å². The zero-order chi connectivity index (χ0) is 25.3. The van der Waals surface area contributed by atoms with Gasteiger partial charge in [0.1, 0.15) is 0 Å². The average Bonchev–Trinajstić information content (AvgIpc) is 3.22. The molecule has 2 aliphatic rings. The predicted octanol–water partition coefficient (Wildman–Crippen LogP) is 7.22. The molecule has 2 bridgehead atoms. The first kappa shape index (κ1) is 26.6. The molecule has 0 amide bonds. The van der Waals surface area contributed by atoms with E-state index in [2.05, 4.69) is 0 Å². The second kappa shape index (κ2) is 7.18. The van der Waals surface area contributed by atoms with Gasteiger partial charge in [0, 0.05) is 6.42 Å². The quantitative estimate of drug-likeness (QED) is 0.229. The third-order valence-corrected chi connectivity index (χ3v) is 5.18. The number of halogens is 16. The van der Waals surface area contributed by atoms with Crippen LogP contribution in [0.3, 0.4) is 0 Å². The highest BCUT2D eigenvalue weighted by atomic mass is 19.4. The van der Waals surface area contributed by atoms with E-state index in [1.807, 2.05) is 0 Å². The van der Waals surface area contributed by atoms with Crippen LogP contribution in [0.4, 0.5) is 70.2 Å². The number of hydrogen-bond donors (Lipinski definition) is 0. The SMILES string of the molecule is FC(F)C(F)(F)C(F)(F)C(F)(F)C(F)(F)C(F)(F)C(F)(F)C(F)(F)CC1=CC2C=CC1C2. The third kappa shape index (κ3) is 3.29. The highest BCUT2D eigenvalue weighted by molar-refractivity contribution is 5.31. The second-order valence-corrected chi connectivity index (χ2v) is 7.31. The first-order valence-corrected chi connectivity index (χ1v) is 8.31. The minimum Gasteiger partial charge on any atom is -0.203 e. The minimum atomic E-state index is -8.34. The van der Waals surface area contributed by atoms with Crippen LogP contribution in [0.15, 0.2) is 23.8 Å². The molecule has 0 nitrogen and oxygen atoms in total. The topological polar surface area (TPSA) is 0 Å². The van der Waals surface area contributed by atoms with Crippen molar-refractivity contribution in [2.75, 3.05) is 0 Å². The Kier molecular flexibility index (Phi) is 5.97. The normalized spacial score (nSPS) is 23.3. The molecule has 0 radical (unpaired) electrons. The number of rotatable bonds is 9. The molecule has 0 aromatic rings. The van der Waals surface area contributed by atoms with Crippen LogP contribution in [-0.2, 0) is 0 Å². The Bertz CT molecular complexity index is 790. The molecular formula is C16H10F16. The third-order valence-electron chi connectivity index (χ3n) is 5.18. The molecule has 0 fully saturated rings. The molecule has 0 saturated carbocycles. The molecule has 32 heavy (non-hydrogen) atoms. The Labute approximate surface area is 167 Å². The largest absolute Gasteiger partial charge is 0.384 e. The summed E-state index contributed by atoms with van der Waals surface area (Å²) < 4.78 is 212. The van der Waals surface area contributed by atoms with Gasteiger partial charge >= 0.3 is 47.9 Å². The summed E-state index contributed by atoms with van der Waals surface area (Å²) in [6.07, 6.45) is -4.71. The van der Waals surface area contributed by atoms with Crippen LogP contribution in [0.2, 0.25) is 0 Å². The van der Waals surface area contributed by atoms with Crippen molar-refractivity contribution in [3.05, 3.63) is 23.8 Å². The van der Waals surface area contributed by atoms with Crippen LogP contribution in [-0.4, -0.2) is 47.9 Å². The molecule has 0 aromatic carbocycles. The van der Waals surface area contributed by atoms with Gasteiger partial charge in [-0.15, -0.1) is 0 Å². The van der Waals surface area contributed by atoms with Crippen LogP contribution in [0.5, 0.6) is 0 Å². The van der Waals surface area contributed by atoms with E-state index >= 15 is 0 Å². The van der Waals surface area contributed by atoms with Gasteiger partial charge in [0.15, 0.2) is 0 Å². The van der Waals surface area contributed by atoms with Gasteiger partial charge in [0.25, 0.3) is 0 Å². The molecule has 186 valence electrons. The summed E-state index contributed by atoms with van der Waals surface area (Å²) in [4.78, 5) is 0. The van der Waals surface area contributed by atoms with Gasteiger partial charge in [-0.2, -0.15) is 61.5 Å². The van der Waals surface area contributed by atoms with Crippen molar-refractivity contribution in [2.45, 2.75) is 60.7 Å². The van der Waals surface area contributed by atoms with Crippen molar-refractivity contribution in [2.24, 2.45) is 11.8 Å². The summed E-state index contributed by atoms with van der Waals surface area (Å²) in [6.45, 7) is 0. The highest BCUT2D eigenvalue weighted by Gasteiger charge is 2.93. The van der Waals surface area contributed by atoms with Crippen molar-refractivity contribution < 1.29 is 70.2 Å². The van der Waals surface area contributed by atoms with Crippen molar-refractivity contribution in [3.8, 4) is 0 Å². The lowest BCUT2D eigenvalue weighted by Gasteiger charge is -2.42. The summed E-state index contributed by atoms with van der Waals surface area (Å²) in [5, 5.41) is 0. The Balaban J connectivity index is 2.47. The van der Waals surface area contributed by atoms with Gasteiger partial charge < -0.3 is 0 Å². The molecule has 0 N–H and O–H groups in total. The fourth-order valence-electron chi connectivity index (χ4n) is 3.25. The van der Waals surface area contributed by atoms with Gasteiger partial charge in [0.05, 0.1) is 0 Å². The number of allylic oxidation sites excluding steroid dienone is 4. The molecule has 0 heterocycles. The van der Waals surface area contributed by atoms with E-state index < -0.39 is 71.7 Å². The first-order chi connectivity index (χ1) is 14.0. The first-order valence-electron chi connectivity index (χ1n) is 8.31. The molecule has 0 spiro atoms. The van der Waals surface area contributed by atoms with Gasteiger partial charge in [-0.1, -0.05) is 23.8 Å². The lowest BCUT2D eigenvalue weighted by atomic mass is 9.86. The van der Waals surface area contributed by atoms with Crippen LogP contribution in [0, 0.1) is 11.8 Å². The van der Waals surface area contributed by atoms with E-state index in [1.165, 1.54) is 12.2 Å². The molecule has 2 unspecified atom stereocenters. The molecule has 2 aliphatic carbocycles. The lowest BCUT2D eigenvalue weighted by Crippen LogP contribution is -2.73. The van der Waals surface area contributed by atoms with Crippen molar-refractivity contribution >= 4 is 0 Å². The number of alkyl halides is 16. The molecule has 0 aromatic heterocycles. The summed E-state index contributed by atoms with van der Waals surface area (Å²) in [6, 6.07) is 0. The maximum Gasteiger partial charge on any atom is 0.384 e. The Morgan fingerprint density at radius 3 is 1.47 bits per heavy atom. The summed E-state index contributed by atoms with van der Waals surface area (Å²) >= 11 is 0. The smallest absolute Gasteiger partial charge is 0.203 e. The standard InChI is InChI=1S/C16H10F16/c17-9(18)11(21,22)13(25,26)15(29,30)16(31,32)14(27,28)12(23,24)10(19,20)5-8-4-6-1-2-7(8)3-6/h1-2,4,6-7,9H,3,5H2. The van der Waals surface area contributed by atoms with Crippen LogP contribution >= 0.6 is 0 Å². The van der Waals surface area contributed by atoms with E-state index in [0.717, 1.165) is 6.08 Å². The maximum atomic E-state index is 13.9. The Morgan fingerprint density at radius 1 is 0.656 bits per heavy atom. The molecule has 2 atom stereocenters. The zero-order valence-electron chi connectivity index (χ0n) is 14.9. The molecule has 0 saturated heterocycles. The Hall–Kier alpha value is -1.64. The van der Waals surface area contributed by atoms with Crippen molar-refractivity contribution in [3.63, 3.8) is 0 Å². The molecule has 0 aliphatic heterocycles. The van der Waals surface area contributed by atoms with Crippen LogP contribution in [0.25, 0.3) is 0 Å². The summed E-state index contributed by atoms with van der Waals surface area (Å²) in [5.74, 6) is -55.6. The minimum absolute atomic E-state index is 0.0382. The fourth-order valence-corrected chi connectivity index (χ4v) is 3.25. The van der Waals surface area contributed by atoms with E-state index in [-0.39, 0.29) is 6.42 Å². The van der Waals surface area contributed by atoms with Gasteiger partial charge in [-0.05, 0) is 18.3 Å². The van der Waals surface area contributed by atoms with Crippen LogP contribution in [0.1, 0.15) is 12.8 Å². The van der Waals surface area contributed by atoms with Gasteiger partial charge in [0.2, 0.25) is 0 Å². The molecular weight excluding hydrogens is 496 g/mol. The lowest BCUT2D eigenvalue weighted by molar-refractivity contribution is -0.446. The summed E-state index contributed by atoms with van der Waals surface area (Å²) in [7, 11) is 0. The second-order valence-electron chi connectivity index (χ2n) is 7.31. The monoisotopic (exact) mass is 506 g/mol. The highest BCUT2D eigenvalue weighted by Crippen LogP contribution is 2.63. The van der Waals surface area contributed by atoms with E-state index in [9.17, 15) is 70.2 Å². The predicted molar refractivity (Wildman–Crippen MR) is 74.1 cm³/mol. The van der Waals surface area contributed by atoms with E-state index in [1.54, 1.807) is 0 Å². The van der Waals surface area contributed by atoms with Crippen molar-refractivity contribution in [1.29, 1.82) is 0 Å². The average molecular weight is 506 g/mol. The molecule has 2 rings (SSSR count). The van der Waals surface area contributed by atoms with Crippen LogP contribution < -0.4 is 0 Å². The number of hydrogen-bond acceptors (Lipinski definition) is 0. The van der Waals surface area contributed by atoms with E-state index in [4.69, 9.17) is 0 Å². The van der Waals surface area contributed by atoms with Gasteiger partial charge in [-0.25, -0.2) is 8.78 Å². The number of fused-ring (bicyclic) bond motifs is 2.